The van der Waals surface area contributed by atoms with Crippen LogP contribution in [0.3, 0.4) is 0 Å². The van der Waals surface area contributed by atoms with Crippen LogP contribution < -0.4 is 11.2 Å². The molecule has 3 aromatic rings. The molecule has 138 valence electrons. The molecule has 7 nitrogen and oxygen atoms in total. The Hall–Kier alpha value is -2.72. The third-order valence-corrected chi connectivity index (χ3v) is 4.70. The van der Waals surface area contributed by atoms with Crippen molar-refractivity contribution < 1.29 is 14.4 Å². The van der Waals surface area contributed by atoms with Crippen LogP contribution in [0.15, 0.2) is 48.7 Å². The maximum atomic E-state index is 12.8. The predicted molar refractivity (Wildman–Crippen MR) is 110 cm³/mol. The van der Waals surface area contributed by atoms with Crippen molar-refractivity contribution in [1.82, 2.24) is 15.3 Å². The Morgan fingerprint density at radius 3 is 2.67 bits per heavy atom. The zero-order valence-electron chi connectivity index (χ0n) is 14.7. The number of nitrogens with one attached hydrogen (secondary N) is 1. The molecule has 27 heavy (non-hydrogen) atoms. The van der Waals surface area contributed by atoms with Crippen LogP contribution in [0.5, 0.6) is 0 Å². The number of nitrogens with two attached hydrogens (primary N) is 1. The molecule has 0 aliphatic rings. The number of nitrogens with zero attached hydrogens (tertiary/aromatic N) is 2. The lowest BCUT2D eigenvalue weighted by Gasteiger charge is -2.11. The molecule has 0 unspecified atom stereocenters. The number of benzene rings is 2. The van der Waals surface area contributed by atoms with Crippen molar-refractivity contribution in [2.24, 2.45) is 0 Å². The molecule has 1 amide bonds. The van der Waals surface area contributed by atoms with Crippen molar-refractivity contribution in [1.29, 1.82) is 0 Å². The van der Waals surface area contributed by atoms with Crippen molar-refractivity contribution in [2.75, 3.05) is 12.8 Å². The van der Waals surface area contributed by atoms with Gasteiger partial charge in [0.1, 0.15) is 5.82 Å². The molecule has 0 aliphatic heterocycles. The summed E-state index contributed by atoms with van der Waals surface area (Å²) in [6.45, 7) is 1.87. The SMILES string of the molecule is CONC(=O)c1ccc(C)c(-n2ncc(C(=O)c3cccc(I)c3)c2N)c1. The van der Waals surface area contributed by atoms with Gasteiger partial charge in [-0.25, -0.2) is 10.2 Å². The molecule has 0 aliphatic carbocycles. The highest BCUT2D eigenvalue weighted by atomic mass is 127. The first-order valence-electron chi connectivity index (χ1n) is 8.00. The van der Waals surface area contributed by atoms with E-state index in [2.05, 4.69) is 38.0 Å². The largest absolute Gasteiger partial charge is 0.383 e. The van der Waals surface area contributed by atoms with Gasteiger partial charge in [0.15, 0.2) is 5.78 Å². The van der Waals surface area contributed by atoms with Gasteiger partial charge in [-0.1, -0.05) is 18.2 Å². The monoisotopic (exact) mass is 476 g/mol. The van der Waals surface area contributed by atoms with E-state index in [1.54, 1.807) is 30.3 Å². The highest BCUT2D eigenvalue weighted by Crippen LogP contribution is 2.24. The van der Waals surface area contributed by atoms with E-state index in [4.69, 9.17) is 5.73 Å². The summed E-state index contributed by atoms with van der Waals surface area (Å²) in [4.78, 5) is 29.5. The predicted octanol–water partition coefficient (Wildman–Crippen LogP) is 2.89. The van der Waals surface area contributed by atoms with Crippen LogP contribution in [0.2, 0.25) is 0 Å². The Labute approximate surface area is 169 Å². The number of halogens is 1. The van der Waals surface area contributed by atoms with Crippen molar-refractivity contribution >= 4 is 40.1 Å². The number of aryl methyl sites for hydroxylation is 1. The smallest absolute Gasteiger partial charge is 0.274 e. The van der Waals surface area contributed by atoms with E-state index in [0.717, 1.165) is 9.13 Å². The fourth-order valence-corrected chi connectivity index (χ4v) is 3.18. The number of hydrogen-bond donors (Lipinski definition) is 2. The molecule has 0 saturated carbocycles. The van der Waals surface area contributed by atoms with Gasteiger partial charge in [-0.3, -0.25) is 14.4 Å². The molecule has 0 fully saturated rings. The van der Waals surface area contributed by atoms with Gasteiger partial charge < -0.3 is 5.73 Å². The molecule has 0 radical (unpaired) electrons. The number of hydroxylamine groups is 1. The normalized spacial score (nSPS) is 10.6. The number of rotatable bonds is 5. The summed E-state index contributed by atoms with van der Waals surface area (Å²) >= 11 is 2.15. The standard InChI is InChI=1S/C19H17IN4O3/c1-11-6-7-13(19(26)23-27-2)9-16(11)24-18(21)15(10-22-24)17(25)12-4-3-5-14(20)8-12/h3-10H,21H2,1-2H3,(H,23,26). The first-order valence-corrected chi connectivity index (χ1v) is 9.08. The maximum absolute atomic E-state index is 12.8. The van der Waals surface area contributed by atoms with E-state index in [-0.39, 0.29) is 17.5 Å². The lowest BCUT2D eigenvalue weighted by atomic mass is 10.1. The molecule has 3 rings (SSSR count). The summed E-state index contributed by atoms with van der Waals surface area (Å²) in [5, 5.41) is 4.27. The first-order chi connectivity index (χ1) is 12.9. The average Bonchev–Trinajstić information content (AvgIpc) is 3.03. The van der Waals surface area contributed by atoms with Crippen molar-refractivity contribution in [3.8, 4) is 5.69 Å². The summed E-state index contributed by atoms with van der Waals surface area (Å²) in [5.41, 5.74) is 11.2. The number of carbonyl (C=O) groups is 2. The van der Waals surface area contributed by atoms with Gasteiger partial charge in [-0.05, 0) is 59.3 Å². The second kappa shape index (κ2) is 7.89. The van der Waals surface area contributed by atoms with E-state index in [0.29, 0.717) is 22.4 Å². The number of carbonyl (C=O) groups excluding carboxylic acids is 2. The lowest BCUT2D eigenvalue weighted by Crippen LogP contribution is -2.22. The van der Waals surface area contributed by atoms with Crippen LogP contribution in [-0.4, -0.2) is 28.6 Å². The molecule has 0 bridgehead atoms. The fourth-order valence-electron chi connectivity index (χ4n) is 2.64. The van der Waals surface area contributed by atoms with Gasteiger partial charge in [-0.2, -0.15) is 5.10 Å². The molecule has 1 aromatic heterocycles. The Morgan fingerprint density at radius 2 is 1.96 bits per heavy atom. The fraction of sp³-hybridized carbons (Fsp3) is 0.105. The molecule has 8 heteroatoms. The van der Waals surface area contributed by atoms with E-state index in [1.165, 1.54) is 18.0 Å². The Balaban J connectivity index is 2.02. The van der Waals surface area contributed by atoms with Crippen molar-refractivity contribution in [3.63, 3.8) is 0 Å². The lowest BCUT2D eigenvalue weighted by molar-refractivity contribution is 0.0537. The zero-order valence-corrected chi connectivity index (χ0v) is 16.9. The summed E-state index contributed by atoms with van der Waals surface area (Å²) in [6.07, 6.45) is 1.44. The Kier molecular flexibility index (Phi) is 5.57. The number of aromatic nitrogens is 2. The molecule has 2 aromatic carbocycles. The number of nitrogen functional groups attached to an aromatic ring is 1. The third kappa shape index (κ3) is 3.86. The van der Waals surface area contributed by atoms with Gasteiger partial charge in [0.05, 0.1) is 24.6 Å². The Morgan fingerprint density at radius 1 is 1.19 bits per heavy atom. The molecular weight excluding hydrogens is 459 g/mol. The molecule has 0 saturated heterocycles. The Bertz CT molecular complexity index is 1030. The summed E-state index contributed by atoms with van der Waals surface area (Å²) < 4.78 is 2.41. The van der Waals surface area contributed by atoms with Gasteiger partial charge >= 0.3 is 0 Å². The van der Waals surface area contributed by atoms with Gasteiger partial charge in [0.25, 0.3) is 5.91 Å². The van der Waals surface area contributed by atoms with Crippen molar-refractivity contribution in [3.05, 3.63) is 74.5 Å². The van der Waals surface area contributed by atoms with Gasteiger partial charge in [0.2, 0.25) is 0 Å². The summed E-state index contributed by atoms with van der Waals surface area (Å²) in [5.74, 6) is -0.380. The maximum Gasteiger partial charge on any atom is 0.274 e. The van der Waals surface area contributed by atoms with Crippen LogP contribution in [0.1, 0.15) is 31.8 Å². The van der Waals surface area contributed by atoms with Gasteiger partial charge in [-0.15, -0.1) is 0 Å². The van der Waals surface area contributed by atoms with Crippen LogP contribution >= 0.6 is 22.6 Å². The van der Waals surface area contributed by atoms with E-state index >= 15 is 0 Å². The molecule has 1 heterocycles. The van der Waals surface area contributed by atoms with E-state index in [9.17, 15) is 9.59 Å². The minimum Gasteiger partial charge on any atom is -0.383 e. The number of anilines is 1. The highest BCUT2D eigenvalue weighted by Gasteiger charge is 2.19. The number of hydrogen-bond acceptors (Lipinski definition) is 5. The van der Waals surface area contributed by atoms with Gasteiger partial charge in [0, 0.05) is 14.7 Å². The van der Waals surface area contributed by atoms with Crippen molar-refractivity contribution in [2.45, 2.75) is 6.92 Å². The molecule has 3 N–H and O–H groups in total. The topological polar surface area (TPSA) is 99.2 Å². The second-order valence-corrected chi connectivity index (χ2v) is 7.08. The average molecular weight is 476 g/mol. The number of ketones is 1. The summed E-state index contributed by atoms with van der Waals surface area (Å²) in [7, 11) is 1.36. The minimum absolute atomic E-state index is 0.205. The molecule has 0 atom stereocenters. The van der Waals surface area contributed by atoms with Crippen LogP contribution in [-0.2, 0) is 4.84 Å². The number of amides is 1. The highest BCUT2D eigenvalue weighted by molar-refractivity contribution is 14.1. The zero-order chi connectivity index (χ0) is 19.6. The van der Waals surface area contributed by atoms with E-state index in [1.807, 2.05) is 19.1 Å². The third-order valence-electron chi connectivity index (χ3n) is 4.03. The first kappa shape index (κ1) is 19.1. The van der Waals surface area contributed by atoms with Crippen LogP contribution in [0, 0.1) is 10.5 Å². The minimum atomic E-state index is -0.389. The van der Waals surface area contributed by atoms with Crippen LogP contribution in [0.4, 0.5) is 5.82 Å². The summed E-state index contributed by atoms with van der Waals surface area (Å²) in [6, 6.07) is 12.4. The molecular formula is C19H17IN4O3. The van der Waals surface area contributed by atoms with Crippen LogP contribution in [0.25, 0.3) is 5.69 Å². The quantitative estimate of drug-likeness (QED) is 0.335. The van der Waals surface area contributed by atoms with E-state index < -0.39 is 0 Å². The molecule has 0 spiro atoms. The second-order valence-electron chi connectivity index (χ2n) is 5.83.